The average molecular weight is 361 g/mol. The zero-order valence-electron chi connectivity index (χ0n) is 15.0. The fourth-order valence-corrected chi connectivity index (χ4v) is 2.93. The lowest BCUT2D eigenvalue weighted by Gasteiger charge is -2.23. The number of carbonyl (C=O) groups is 3. The largest absolute Gasteiger partial charge is 0.461 e. The second-order valence-electron chi connectivity index (χ2n) is 6.46. The van der Waals surface area contributed by atoms with Gasteiger partial charge in [0.1, 0.15) is 6.61 Å². The maximum Gasteiger partial charge on any atom is 0.306 e. The molecule has 1 unspecified atom stereocenters. The van der Waals surface area contributed by atoms with Gasteiger partial charge in [0.25, 0.3) is 0 Å². The molecule has 26 heavy (non-hydrogen) atoms. The zero-order valence-corrected chi connectivity index (χ0v) is 15.0. The van der Waals surface area contributed by atoms with E-state index in [1.54, 1.807) is 4.90 Å². The van der Waals surface area contributed by atoms with Gasteiger partial charge in [-0.15, -0.1) is 0 Å². The Morgan fingerprint density at radius 1 is 1.15 bits per heavy atom. The van der Waals surface area contributed by atoms with E-state index in [4.69, 9.17) is 10.5 Å². The second-order valence-corrected chi connectivity index (χ2v) is 6.46. The molecular formula is C19H27N3O4. The highest BCUT2D eigenvalue weighted by Crippen LogP contribution is 2.10. The Bertz CT molecular complexity index is 600. The summed E-state index contributed by atoms with van der Waals surface area (Å²) in [6, 6.07) is 8.86. The maximum atomic E-state index is 12.4. The third kappa shape index (κ3) is 6.84. The summed E-state index contributed by atoms with van der Waals surface area (Å²) in [6.07, 6.45) is 2.72. The second kappa shape index (κ2) is 10.6. The van der Waals surface area contributed by atoms with Crippen LogP contribution in [-0.4, -0.2) is 48.4 Å². The number of rotatable bonds is 10. The molecule has 7 nitrogen and oxygen atoms in total. The number of primary amides is 1. The molecule has 0 aromatic heterocycles. The van der Waals surface area contributed by atoms with Crippen LogP contribution in [0.1, 0.15) is 37.7 Å². The summed E-state index contributed by atoms with van der Waals surface area (Å²) in [4.78, 5) is 37.2. The van der Waals surface area contributed by atoms with Gasteiger partial charge < -0.3 is 20.7 Å². The molecule has 3 N–H and O–H groups in total. The summed E-state index contributed by atoms with van der Waals surface area (Å²) in [5.74, 6) is -0.891. The Morgan fingerprint density at radius 2 is 1.85 bits per heavy atom. The lowest BCUT2D eigenvalue weighted by atomic mass is 10.1. The van der Waals surface area contributed by atoms with Gasteiger partial charge in [-0.3, -0.25) is 14.4 Å². The maximum absolute atomic E-state index is 12.4. The smallest absolute Gasteiger partial charge is 0.306 e. The molecule has 1 atom stereocenters. The van der Waals surface area contributed by atoms with Crippen LogP contribution in [-0.2, 0) is 25.7 Å². The minimum atomic E-state index is -0.620. The minimum absolute atomic E-state index is 0.0339. The number of nitrogens with zero attached hydrogens (tertiary/aromatic N) is 1. The Kier molecular flexibility index (Phi) is 8.08. The Hall–Kier alpha value is -2.41. The molecule has 1 saturated heterocycles. The highest BCUT2D eigenvalue weighted by Gasteiger charge is 2.27. The molecule has 1 aromatic rings. The predicted molar refractivity (Wildman–Crippen MR) is 96.9 cm³/mol. The van der Waals surface area contributed by atoms with Gasteiger partial charge in [-0.2, -0.15) is 0 Å². The van der Waals surface area contributed by atoms with E-state index in [0.717, 1.165) is 31.5 Å². The number of likely N-dealkylation sites (tertiary alicyclic amines) is 1. The van der Waals surface area contributed by atoms with Crippen molar-refractivity contribution >= 4 is 17.8 Å². The van der Waals surface area contributed by atoms with E-state index >= 15 is 0 Å². The summed E-state index contributed by atoms with van der Waals surface area (Å²) >= 11 is 0. The molecule has 2 rings (SSSR count). The summed E-state index contributed by atoms with van der Waals surface area (Å²) in [5.41, 5.74) is 6.19. The van der Waals surface area contributed by atoms with Gasteiger partial charge in [0.2, 0.25) is 11.8 Å². The van der Waals surface area contributed by atoms with E-state index in [1.807, 2.05) is 30.3 Å². The molecule has 1 aromatic carbocycles. The lowest BCUT2D eigenvalue weighted by molar-refractivity contribution is -0.145. The quantitative estimate of drug-likeness (QED) is 0.477. The van der Waals surface area contributed by atoms with Crippen molar-refractivity contribution in [3.05, 3.63) is 35.9 Å². The Morgan fingerprint density at radius 3 is 2.50 bits per heavy atom. The third-order valence-electron chi connectivity index (χ3n) is 4.31. The molecule has 0 bridgehead atoms. The number of amides is 2. The van der Waals surface area contributed by atoms with Crippen molar-refractivity contribution in [3.63, 3.8) is 0 Å². The van der Waals surface area contributed by atoms with Crippen LogP contribution >= 0.6 is 0 Å². The first-order valence-corrected chi connectivity index (χ1v) is 9.06. The molecular weight excluding hydrogens is 334 g/mol. The standard InChI is InChI=1S/C19H27N3O4/c20-17(23)13-16(19(25)22-11-4-5-12-22)21-10-6-9-18(24)26-14-15-7-2-1-3-8-15/h1-3,7-8,16,21H,4-6,9-14H2,(H2,20,23). The molecule has 0 spiro atoms. The van der Waals surface area contributed by atoms with Gasteiger partial charge in [0.15, 0.2) is 0 Å². The van der Waals surface area contributed by atoms with Crippen molar-refractivity contribution in [2.75, 3.05) is 19.6 Å². The normalized spacial score (nSPS) is 14.8. The molecule has 1 heterocycles. The number of nitrogens with two attached hydrogens (primary N) is 1. The van der Waals surface area contributed by atoms with Crippen LogP contribution in [0.15, 0.2) is 30.3 Å². The van der Waals surface area contributed by atoms with E-state index in [-0.39, 0.29) is 31.3 Å². The van der Waals surface area contributed by atoms with Gasteiger partial charge in [-0.05, 0) is 31.4 Å². The molecule has 1 aliphatic rings. The molecule has 1 fully saturated rings. The van der Waals surface area contributed by atoms with Crippen molar-refractivity contribution in [2.24, 2.45) is 5.73 Å². The monoisotopic (exact) mass is 361 g/mol. The zero-order chi connectivity index (χ0) is 18.8. The van der Waals surface area contributed by atoms with E-state index in [9.17, 15) is 14.4 Å². The number of hydrogen-bond acceptors (Lipinski definition) is 5. The predicted octanol–water partition coefficient (Wildman–Crippen LogP) is 0.966. The van der Waals surface area contributed by atoms with Gasteiger partial charge in [0.05, 0.1) is 12.5 Å². The molecule has 0 aliphatic carbocycles. The molecule has 2 amide bonds. The highest BCUT2D eigenvalue weighted by molar-refractivity contribution is 5.87. The van der Waals surface area contributed by atoms with Crippen LogP contribution in [0.3, 0.4) is 0 Å². The van der Waals surface area contributed by atoms with Crippen molar-refractivity contribution in [1.29, 1.82) is 0 Å². The van der Waals surface area contributed by atoms with Crippen LogP contribution in [0.2, 0.25) is 0 Å². The summed E-state index contributed by atoms with van der Waals surface area (Å²) in [5, 5.41) is 3.06. The lowest BCUT2D eigenvalue weighted by Crippen LogP contribution is -2.47. The number of ether oxygens (including phenoxy) is 1. The third-order valence-corrected chi connectivity index (χ3v) is 4.31. The van der Waals surface area contributed by atoms with Gasteiger partial charge in [0, 0.05) is 19.5 Å². The van der Waals surface area contributed by atoms with Crippen LogP contribution in [0.5, 0.6) is 0 Å². The summed E-state index contributed by atoms with van der Waals surface area (Å²) in [7, 11) is 0. The average Bonchev–Trinajstić information content (AvgIpc) is 3.17. The van der Waals surface area contributed by atoms with Crippen LogP contribution in [0.4, 0.5) is 0 Å². The van der Waals surface area contributed by atoms with Crippen molar-refractivity contribution in [2.45, 2.75) is 44.8 Å². The Labute approximate surface area is 153 Å². The number of carbonyl (C=O) groups excluding carboxylic acids is 3. The molecule has 1 aliphatic heterocycles. The fraction of sp³-hybridized carbons (Fsp3) is 0.526. The van der Waals surface area contributed by atoms with Crippen LogP contribution in [0, 0.1) is 0 Å². The summed E-state index contributed by atoms with van der Waals surface area (Å²) < 4.78 is 5.21. The molecule has 142 valence electrons. The van der Waals surface area contributed by atoms with Gasteiger partial charge >= 0.3 is 5.97 Å². The SMILES string of the molecule is NC(=O)CC(NCCCC(=O)OCc1ccccc1)C(=O)N1CCCC1. The molecule has 0 radical (unpaired) electrons. The number of esters is 1. The van der Waals surface area contributed by atoms with Crippen molar-refractivity contribution in [3.8, 4) is 0 Å². The van der Waals surface area contributed by atoms with E-state index in [2.05, 4.69) is 5.32 Å². The van der Waals surface area contributed by atoms with Crippen LogP contribution < -0.4 is 11.1 Å². The van der Waals surface area contributed by atoms with E-state index < -0.39 is 11.9 Å². The van der Waals surface area contributed by atoms with E-state index in [0.29, 0.717) is 13.0 Å². The first kappa shape index (κ1) is 19.9. The van der Waals surface area contributed by atoms with E-state index in [1.165, 1.54) is 0 Å². The first-order chi connectivity index (χ1) is 12.6. The fourth-order valence-electron chi connectivity index (χ4n) is 2.93. The van der Waals surface area contributed by atoms with Crippen molar-refractivity contribution in [1.82, 2.24) is 10.2 Å². The Balaban J connectivity index is 1.68. The summed E-state index contributed by atoms with van der Waals surface area (Å²) in [6.45, 7) is 2.14. The van der Waals surface area contributed by atoms with Crippen LogP contribution in [0.25, 0.3) is 0 Å². The number of hydrogen-bond donors (Lipinski definition) is 2. The first-order valence-electron chi connectivity index (χ1n) is 9.06. The molecule has 7 heteroatoms. The molecule has 0 saturated carbocycles. The minimum Gasteiger partial charge on any atom is -0.461 e. The highest BCUT2D eigenvalue weighted by atomic mass is 16.5. The number of nitrogens with one attached hydrogen (secondary N) is 1. The van der Waals surface area contributed by atoms with Gasteiger partial charge in [-0.1, -0.05) is 30.3 Å². The topological polar surface area (TPSA) is 102 Å². The number of benzene rings is 1. The van der Waals surface area contributed by atoms with Crippen molar-refractivity contribution < 1.29 is 19.1 Å². The van der Waals surface area contributed by atoms with Gasteiger partial charge in [-0.25, -0.2) is 0 Å².